The number of ether oxygens (including phenoxy) is 4. The molecule has 0 heterocycles. The van der Waals surface area contributed by atoms with Gasteiger partial charge in [-0.3, -0.25) is 9.59 Å². The van der Waals surface area contributed by atoms with Crippen LogP contribution in [0.25, 0.3) is 0 Å². The van der Waals surface area contributed by atoms with Gasteiger partial charge in [0.2, 0.25) is 0 Å². The molecule has 0 rings (SSSR count). The number of aliphatic carboxylic acids is 1. The van der Waals surface area contributed by atoms with Crippen LogP contribution in [0.5, 0.6) is 0 Å². The summed E-state index contributed by atoms with van der Waals surface area (Å²) >= 11 is 0. The summed E-state index contributed by atoms with van der Waals surface area (Å²) in [6.45, 7) is 4.72. The minimum atomic E-state index is -1.62. The molecule has 0 amide bonds. The van der Waals surface area contributed by atoms with Crippen LogP contribution in [0.4, 0.5) is 0 Å². The second kappa shape index (κ2) is 52.8. The molecule has 0 aromatic carbocycles. The lowest BCUT2D eigenvalue weighted by atomic mass is 10.0. The second-order valence-electron chi connectivity index (χ2n) is 21.3. The second-order valence-corrected chi connectivity index (χ2v) is 21.3. The summed E-state index contributed by atoms with van der Waals surface area (Å²) in [6, 6.07) is 0. The Balaban J connectivity index is 3.89. The van der Waals surface area contributed by atoms with E-state index in [9.17, 15) is 19.5 Å². The lowest BCUT2D eigenvalue weighted by Gasteiger charge is -2.26. The molecule has 0 aliphatic rings. The van der Waals surface area contributed by atoms with Gasteiger partial charge in [-0.25, -0.2) is 0 Å². The van der Waals surface area contributed by atoms with Gasteiger partial charge in [-0.05, 0) is 51.4 Å². The number of carboxylic acids is 1. The predicted octanol–water partition coefficient (Wildman–Crippen LogP) is 16.0. The van der Waals surface area contributed by atoms with Crippen LogP contribution in [0.15, 0.2) is 36.5 Å². The molecule has 0 N–H and O–H groups in total. The molecule has 0 spiro atoms. The minimum absolute atomic E-state index is 0.150. The van der Waals surface area contributed by atoms with Gasteiger partial charge in [0.1, 0.15) is 13.2 Å². The molecule has 2 unspecified atom stereocenters. The number of rotatable bonds is 55. The van der Waals surface area contributed by atoms with E-state index in [0.29, 0.717) is 17.4 Å². The van der Waals surface area contributed by atoms with Crippen LogP contribution in [0, 0.1) is 0 Å². The van der Waals surface area contributed by atoms with Gasteiger partial charge < -0.3 is 33.3 Å². The summed E-state index contributed by atoms with van der Waals surface area (Å²) in [5, 5.41) is 11.7. The molecule has 0 saturated heterocycles. The number of hydrogen-bond donors (Lipinski definition) is 0. The van der Waals surface area contributed by atoms with Gasteiger partial charge in [0.05, 0.1) is 40.3 Å². The van der Waals surface area contributed by atoms with Crippen LogP contribution in [0.1, 0.15) is 277 Å². The van der Waals surface area contributed by atoms with Crippen LogP contribution >= 0.6 is 0 Å². The van der Waals surface area contributed by atoms with Gasteiger partial charge in [0.15, 0.2) is 12.4 Å². The Morgan fingerprint density at radius 1 is 0.429 bits per heavy atom. The van der Waals surface area contributed by atoms with E-state index in [0.717, 1.165) is 51.4 Å². The average molecular weight is 989 g/mol. The first-order valence-corrected chi connectivity index (χ1v) is 29.6. The minimum Gasteiger partial charge on any atom is -0.545 e. The third-order valence-corrected chi connectivity index (χ3v) is 13.1. The predicted molar refractivity (Wildman–Crippen MR) is 293 cm³/mol. The highest BCUT2D eigenvalue weighted by Crippen LogP contribution is 2.17. The first-order chi connectivity index (χ1) is 34.1. The number of unbranched alkanes of at least 4 members (excludes halogenated alkanes) is 34. The van der Waals surface area contributed by atoms with E-state index < -0.39 is 24.3 Å². The molecule has 0 aromatic rings. The maximum absolute atomic E-state index is 12.8. The van der Waals surface area contributed by atoms with E-state index in [1.807, 2.05) is 21.1 Å². The number of allylic oxidation sites excluding steroid dienone is 6. The normalized spacial score (nSPS) is 13.0. The Kier molecular flexibility index (Phi) is 50.9. The van der Waals surface area contributed by atoms with Crippen molar-refractivity contribution in [1.29, 1.82) is 0 Å². The Bertz CT molecular complexity index is 1240. The fourth-order valence-corrected chi connectivity index (χ4v) is 8.55. The Labute approximate surface area is 432 Å². The van der Waals surface area contributed by atoms with Crippen molar-refractivity contribution in [3.05, 3.63) is 36.5 Å². The third kappa shape index (κ3) is 53.3. The number of nitrogens with zero attached hydrogens (tertiary/aromatic N) is 1. The van der Waals surface area contributed by atoms with E-state index in [1.54, 1.807) is 0 Å². The standard InChI is InChI=1S/C61H113NO8/c1-6-8-10-12-14-16-17-18-19-20-21-22-23-24-25-26-27-28-29-30-31-32-33-34-35-36-37-38-39-40-41-42-43-44-46-48-50-52-59(64)70-57(56-69-61(60(65)66)67-54-53-62(3,4)5)55-68-58(63)51-49-47-45-15-13-11-9-7-2/h17-18,20-21,23-24,57,61H,6-16,19,22,25-56H2,1-5H3/b18-17-,21-20-,24-23-. The van der Waals surface area contributed by atoms with E-state index in [4.69, 9.17) is 18.9 Å². The van der Waals surface area contributed by atoms with E-state index >= 15 is 0 Å². The number of carbonyl (C=O) groups excluding carboxylic acids is 3. The molecular formula is C61H113NO8. The highest BCUT2D eigenvalue weighted by atomic mass is 16.7. The summed E-state index contributed by atoms with van der Waals surface area (Å²) in [7, 11) is 5.92. The van der Waals surface area contributed by atoms with Gasteiger partial charge in [-0.2, -0.15) is 0 Å². The van der Waals surface area contributed by atoms with Gasteiger partial charge in [-0.1, -0.05) is 249 Å². The molecule has 0 aromatic heterocycles. The van der Waals surface area contributed by atoms with Crippen LogP contribution in [-0.4, -0.2) is 82.3 Å². The van der Waals surface area contributed by atoms with Crippen molar-refractivity contribution < 1.29 is 42.9 Å². The molecule has 2 atom stereocenters. The first kappa shape index (κ1) is 67.5. The van der Waals surface area contributed by atoms with Crippen LogP contribution in [0.2, 0.25) is 0 Å². The lowest BCUT2D eigenvalue weighted by molar-refractivity contribution is -0.870. The van der Waals surface area contributed by atoms with Crippen molar-refractivity contribution in [2.45, 2.75) is 289 Å². The lowest BCUT2D eigenvalue weighted by Crippen LogP contribution is -2.44. The summed E-state index contributed by atoms with van der Waals surface area (Å²) in [6.07, 6.45) is 61.0. The van der Waals surface area contributed by atoms with Gasteiger partial charge in [0, 0.05) is 12.8 Å². The zero-order valence-corrected chi connectivity index (χ0v) is 46.7. The number of carboxylic acid groups (broad SMARTS) is 1. The van der Waals surface area contributed by atoms with Crippen LogP contribution in [-0.2, 0) is 33.3 Å². The number of quaternary nitrogens is 1. The maximum Gasteiger partial charge on any atom is 0.306 e. The fraction of sp³-hybridized carbons (Fsp3) is 0.852. The molecule has 0 aliphatic carbocycles. The van der Waals surface area contributed by atoms with Crippen molar-refractivity contribution in [3.63, 3.8) is 0 Å². The smallest absolute Gasteiger partial charge is 0.306 e. The van der Waals surface area contributed by atoms with Crippen molar-refractivity contribution in [1.82, 2.24) is 0 Å². The monoisotopic (exact) mass is 988 g/mol. The van der Waals surface area contributed by atoms with Crippen LogP contribution < -0.4 is 5.11 Å². The molecule has 0 radical (unpaired) electrons. The Morgan fingerprint density at radius 3 is 1.14 bits per heavy atom. The fourth-order valence-electron chi connectivity index (χ4n) is 8.55. The average Bonchev–Trinajstić information content (AvgIpc) is 3.33. The third-order valence-electron chi connectivity index (χ3n) is 13.1. The molecule has 70 heavy (non-hydrogen) atoms. The number of hydrogen-bond acceptors (Lipinski definition) is 8. The Morgan fingerprint density at radius 2 is 0.771 bits per heavy atom. The molecule has 0 fully saturated rings. The molecule has 410 valence electrons. The molecule has 0 aliphatic heterocycles. The highest BCUT2D eigenvalue weighted by molar-refractivity contribution is 5.70. The van der Waals surface area contributed by atoms with Gasteiger partial charge in [-0.15, -0.1) is 0 Å². The topological polar surface area (TPSA) is 111 Å². The number of carbonyl (C=O) groups is 3. The van der Waals surface area contributed by atoms with Crippen molar-refractivity contribution in [2.75, 3.05) is 47.5 Å². The first-order valence-electron chi connectivity index (χ1n) is 29.6. The molecule has 9 heteroatoms. The molecular weight excluding hydrogens is 875 g/mol. The van der Waals surface area contributed by atoms with Crippen molar-refractivity contribution in [3.8, 4) is 0 Å². The van der Waals surface area contributed by atoms with E-state index in [2.05, 4.69) is 50.3 Å². The zero-order chi connectivity index (χ0) is 51.3. The largest absolute Gasteiger partial charge is 0.545 e. The summed E-state index contributed by atoms with van der Waals surface area (Å²) in [5.74, 6) is -2.27. The zero-order valence-electron chi connectivity index (χ0n) is 46.7. The van der Waals surface area contributed by atoms with Gasteiger partial charge >= 0.3 is 11.9 Å². The van der Waals surface area contributed by atoms with E-state index in [-0.39, 0.29) is 32.2 Å². The SMILES string of the molecule is CCCCCCC/C=C\C/C=C\C/C=C\CCCCCCCCCCCCCCCCCCCCCCCCC(=O)OC(COC(=O)CCCCCCCCCC)COC(OCC[N+](C)(C)C)C(=O)[O-]. The molecule has 9 nitrogen and oxygen atoms in total. The Hall–Kier alpha value is -2.49. The quantitative estimate of drug-likeness (QED) is 0.0195. The molecule has 0 bridgehead atoms. The molecule has 0 saturated carbocycles. The number of esters is 2. The van der Waals surface area contributed by atoms with Crippen molar-refractivity contribution >= 4 is 17.9 Å². The van der Waals surface area contributed by atoms with Gasteiger partial charge in [0.25, 0.3) is 0 Å². The summed E-state index contributed by atoms with van der Waals surface area (Å²) in [5.41, 5.74) is 0. The maximum atomic E-state index is 12.8. The van der Waals surface area contributed by atoms with Crippen molar-refractivity contribution in [2.24, 2.45) is 0 Å². The van der Waals surface area contributed by atoms with E-state index in [1.165, 1.54) is 199 Å². The van der Waals surface area contributed by atoms with Crippen LogP contribution in [0.3, 0.4) is 0 Å². The number of likely N-dealkylation sites (N-methyl/N-ethyl adjacent to an activating group) is 1. The highest BCUT2D eigenvalue weighted by Gasteiger charge is 2.22. The summed E-state index contributed by atoms with van der Waals surface area (Å²) in [4.78, 5) is 37.0. The summed E-state index contributed by atoms with van der Waals surface area (Å²) < 4.78 is 22.6.